The van der Waals surface area contributed by atoms with E-state index in [1.54, 1.807) is 66.5 Å². The fraction of sp³-hybridized carbons (Fsp3) is 0.441. The second-order valence-corrected chi connectivity index (χ2v) is 13.1. The molecule has 1 atom stereocenters. The average Bonchev–Trinajstić information content (AvgIpc) is 3.68. The fourth-order valence-corrected chi connectivity index (χ4v) is 5.28. The van der Waals surface area contributed by atoms with Gasteiger partial charge in [-0.15, -0.1) is 15.0 Å². The average molecular weight is 657 g/mol. The maximum Gasteiger partial charge on any atom is 0.410 e. The number of hydrogen-bond acceptors (Lipinski definition) is 10. The highest BCUT2D eigenvalue weighted by Gasteiger charge is 2.33. The molecule has 0 spiro atoms. The van der Waals surface area contributed by atoms with Gasteiger partial charge in [0, 0.05) is 31.1 Å². The Kier molecular flexibility index (Phi) is 9.82. The van der Waals surface area contributed by atoms with Gasteiger partial charge < -0.3 is 14.4 Å². The molecule has 0 N–H and O–H groups in total. The quantitative estimate of drug-likeness (QED) is 0.194. The minimum absolute atomic E-state index is 0.247. The zero-order chi connectivity index (χ0) is 34.7. The highest BCUT2D eigenvalue weighted by molar-refractivity contribution is 5.97. The van der Waals surface area contributed by atoms with Gasteiger partial charge in [-0.1, -0.05) is 26.0 Å². The van der Waals surface area contributed by atoms with Crippen molar-refractivity contribution in [2.45, 2.75) is 73.1 Å². The number of esters is 1. The standard InChI is InChI=1S/C34H42N9O5/c1-21(2)32(45)47-23(4)43-38-29(37-39-43)28-27(19-36-40(28)8)24-13-15-25(16-14-24)31(44)42(30-22(3)11-9-17-35-30)26-12-10-18-41(20-26)33(46)48-34(5,6)7/h9,11,13-17,19,21,23H,10,12,18,20H2,1-8H3/q+1. The molecule has 14 heteroatoms. The number of benzene rings is 1. The molecule has 0 aliphatic carbocycles. The Morgan fingerprint density at radius 1 is 1.04 bits per heavy atom. The molecule has 1 saturated heterocycles. The number of hydrogen-bond donors (Lipinski definition) is 0. The zero-order valence-electron chi connectivity index (χ0n) is 28.7. The molecule has 1 aromatic carbocycles. The number of aromatic nitrogens is 7. The monoisotopic (exact) mass is 656 g/mol. The molecule has 5 rings (SSSR count). The molecule has 252 valence electrons. The fourth-order valence-electron chi connectivity index (χ4n) is 5.28. The van der Waals surface area contributed by atoms with E-state index in [0.717, 1.165) is 22.4 Å². The lowest BCUT2D eigenvalue weighted by Gasteiger charge is -2.30. The summed E-state index contributed by atoms with van der Waals surface area (Å²) in [6.07, 6.45) is 3.51. The normalized spacial score (nSPS) is 15.3. The Balaban J connectivity index is 1.45. The Hall–Kier alpha value is -5.27. The first kappa shape index (κ1) is 34.1. The minimum atomic E-state index is -0.743. The third-order valence-corrected chi connectivity index (χ3v) is 7.74. The summed E-state index contributed by atoms with van der Waals surface area (Å²) in [5, 5.41) is 17.2. The summed E-state index contributed by atoms with van der Waals surface area (Å²) in [7, 11) is 1.77. The zero-order valence-corrected chi connectivity index (χ0v) is 28.7. The lowest BCUT2D eigenvalue weighted by molar-refractivity contribution is -0.344. The third-order valence-electron chi connectivity index (χ3n) is 7.74. The largest absolute Gasteiger partial charge is 0.444 e. The van der Waals surface area contributed by atoms with Crippen LogP contribution in [0.4, 0.5) is 10.6 Å². The molecule has 1 fully saturated rings. The summed E-state index contributed by atoms with van der Waals surface area (Å²) in [5.74, 6) is -0.0916. The molecule has 48 heavy (non-hydrogen) atoms. The summed E-state index contributed by atoms with van der Waals surface area (Å²) < 4.78 is 14.3. The molecule has 0 saturated carbocycles. The van der Waals surface area contributed by atoms with Gasteiger partial charge in [0.15, 0.2) is 0 Å². The van der Waals surface area contributed by atoms with Crippen molar-refractivity contribution in [1.82, 2.24) is 39.9 Å². The third kappa shape index (κ3) is 7.48. The van der Waals surface area contributed by atoms with Crippen LogP contribution in [0.25, 0.3) is 22.6 Å². The Morgan fingerprint density at radius 3 is 2.44 bits per heavy atom. The van der Waals surface area contributed by atoms with Crippen molar-refractivity contribution in [3.05, 3.63) is 59.9 Å². The van der Waals surface area contributed by atoms with Crippen LogP contribution in [0.15, 0.2) is 48.8 Å². The summed E-state index contributed by atoms with van der Waals surface area (Å²) in [6.45, 7) is 13.4. The number of nitrogens with zero attached hydrogens (tertiary/aromatic N) is 9. The summed E-state index contributed by atoms with van der Waals surface area (Å²) in [4.78, 5) is 46.8. The molecule has 1 aliphatic heterocycles. The van der Waals surface area contributed by atoms with Crippen LogP contribution in [0.1, 0.15) is 76.5 Å². The first-order valence-electron chi connectivity index (χ1n) is 15.9. The molecular formula is C34H42N9O5+. The second kappa shape index (κ2) is 13.8. The van der Waals surface area contributed by atoms with E-state index >= 15 is 0 Å². The van der Waals surface area contributed by atoms with Crippen molar-refractivity contribution in [2.75, 3.05) is 13.1 Å². The van der Waals surface area contributed by atoms with Crippen LogP contribution >= 0.6 is 0 Å². The number of rotatable bonds is 7. The van der Waals surface area contributed by atoms with E-state index in [-0.39, 0.29) is 24.3 Å². The number of carbonyl (C=O) groups excluding carboxylic acids is 3. The highest BCUT2D eigenvalue weighted by Crippen LogP contribution is 2.30. The molecule has 3 aromatic heterocycles. The Morgan fingerprint density at radius 2 is 1.77 bits per heavy atom. The first-order chi connectivity index (χ1) is 22.7. The predicted molar refractivity (Wildman–Crippen MR) is 176 cm³/mol. The van der Waals surface area contributed by atoms with Gasteiger partial charge in [-0.25, -0.2) is 9.59 Å². The maximum absolute atomic E-state index is 14.3. The van der Waals surface area contributed by atoms with E-state index in [1.165, 1.54) is 4.80 Å². The molecule has 0 bridgehead atoms. The van der Waals surface area contributed by atoms with Crippen molar-refractivity contribution >= 4 is 29.5 Å². The number of ether oxygens (including phenoxy) is 2. The lowest BCUT2D eigenvalue weighted by Crippen LogP contribution is -2.45. The molecule has 1 unspecified atom stereocenters. The summed E-state index contributed by atoms with van der Waals surface area (Å²) in [6, 6.07) is 10.9. The minimum Gasteiger partial charge on any atom is -0.444 e. The predicted octanol–water partition coefficient (Wildman–Crippen LogP) is 5.12. The summed E-state index contributed by atoms with van der Waals surface area (Å²) >= 11 is 0. The van der Waals surface area contributed by atoms with Crippen LogP contribution in [0.2, 0.25) is 0 Å². The number of pyridine rings is 1. The van der Waals surface area contributed by atoms with Crippen LogP contribution in [0, 0.1) is 12.8 Å². The Bertz CT molecular complexity index is 1850. The SMILES string of the molecule is Cc1cccnc1[N+](C(=O)c1ccc(-c2cnn(C)c2-c2nnn(C(C)OC(=O)C(C)C)n2)cc1)=C1CCCN(C(=O)OC(C)(C)C)C1. The molecule has 4 heterocycles. The van der Waals surface area contributed by atoms with E-state index in [0.29, 0.717) is 42.3 Å². The van der Waals surface area contributed by atoms with Gasteiger partial charge in [-0.05, 0) is 81.1 Å². The van der Waals surface area contributed by atoms with Gasteiger partial charge in [-0.3, -0.25) is 9.48 Å². The molecule has 1 aliphatic rings. The molecule has 0 radical (unpaired) electrons. The van der Waals surface area contributed by atoms with Crippen LogP contribution in [-0.2, 0) is 21.3 Å². The van der Waals surface area contributed by atoms with Gasteiger partial charge in [0.05, 0.1) is 24.2 Å². The number of tetrazole rings is 1. The van der Waals surface area contributed by atoms with Crippen LogP contribution < -0.4 is 0 Å². The number of likely N-dealkylation sites (tertiary alicyclic amines) is 1. The van der Waals surface area contributed by atoms with Gasteiger partial charge in [-0.2, -0.15) is 9.67 Å². The van der Waals surface area contributed by atoms with Crippen molar-refractivity contribution in [3.8, 4) is 22.6 Å². The van der Waals surface area contributed by atoms with Crippen LogP contribution in [0.5, 0.6) is 0 Å². The first-order valence-corrected chi connectivity index (χ1v) is 15.9. The number of amides is 2. The van der Waals surface area contributed by atoms with E-state index in [1.807, 2.05) is 52.0 Å². The Labute approximate surface area is 279 Å². The number of aryl methyl sites for hydroxylation is 2. The molecule has 4 aromatic rings. The van der Waals surface area contributed by atoms with E-state index in [9.17, 15) is 14.4 Å². The van der Waals surface area contributed by atoms with Crippen LogP contribution in [0.3, 0.4) is 0 Å². The smallest absolute Gasteiger partial charge is 0.410 e. The van der Waals surface area contributed by atoms with Crippen molar-refractivity contribution < 1.29 is 28.4 Å². The topological polar surface area (TPSA) is 150 Å². The van der Waals surface area contributed by atoms with Gasteiger partial charge in [0.1, 0.15) is 23.2 Å². The number of piperidine rings is 1. The van der Waals surface area contributed by atoms with Gasteiger partial charge >= 0.3 is 23.8 Å². The molecular weight excluding hydrogens is 614 g/mol. The molecule has 2 amide bonds. The second-order valence-electron chi connectivity index (χ2n) is 13.1. The number of carbonyl (C=O) groups is 3. The van der Waals surface area contributed by atoms with Crippen molar-refractivity contribution in [3.63, 3.8) is 0 Å². The molecule has 14 nitrogen and oxygen atoms in total. The highest BCUT2D eigenvalue weighted by atomic mass is 16.6. The summed E-state index contributed by atoms with van der Waals surface area (Å²) in [5.41, 5.74) is 3.53. The van der Waals surface area contributed by atoms with Gasteiger partial charge in [0.25, 0.3) is 0 Å². The van der Waals surface area contributed by atoms with Gasteiger partial charge in [0.2, 0.25) is 12.1 Å². The van der Waals surface area contributed by atoms with E-state index in [4.69, 9.17) is 9.47 Å². The van der Waals surface area contributed by atoms with Crippen molar-refractivity contribution in [1.29, 1.82) is 0 Å². The van der Waals surface area contributed by atoms with Crippen LogP contribution in [-0.4, -0.2) is 86.8 Å². The van der Waals surface area contributed by atoms with Crippen molar-refractivity contribution in [2.24, 2.45) is 13.0 Å². The van der Waals surface area contributed by atoms with E-state index in [2.05, 4.69) is 25.5 Å². The maximum atomic E-state index is 14.3. The van der Waals surface area contributed by atoms with E-state index < -0.39 is 17.9 Å². The lowest BCUT2D eigenvalue weighted by atomic mass is 10.0.